The second-order valence-electron chi connectivity index (χ2n) is 6.92. The molecule has 0 aliphatic carbocycles. The van der Waals surface area contributed by atoms with E-state index in [0.29, 0.717) is 0 Å². The van der Waals surface area contributed by atoms with Gasteiger partial charge < -0.3 is 5.32 Å². The molecule has 0 saturated heterocycles. The average molecular weight is 359 g/mol. The van der Waals surface area contributed by atoms with Gasteiger partial charge in [-0.1, -0.05) is 54.1 Å². The second-order valence-corrected chi connectivity index (χ2v) is 6.92. The van der Waals surface area contributed by atoms with Crippen molar-refractivity contribution in [2.45, 2.75) is 33.7 Å². The largest absolute Gasteiger partial charge is 0.374 e. The van der Waals surface area contributed by atoms with Crippen molar-refractivity contribution in [2.75, 3.05) is 5.32 Å². The number of hydrogen-bond donors (Lipinski definition) is 2. The first-order chi connectivity index (χ1) is 12.9. The molecule has 3 aromatic carbocycles. The third-order valence-electron chi connectivity index (χ3n) is 4.65. The van der Waals surface area contributed by atoms with Crippen molar-refractivity contribution in [1.29, 1.82) is 0 Å². The van der Waals surface area contributed by atoms with Gasteiger partial charge in [0.15, 0.2) is 0 Å². The molecule has 0 aliphatic rings. The number of rotatable bonds is 5. The summed E-state index contributed by atoms with van der Waals surface area (Å²) < 4.78 is 0. The Morgan fingerprint density at radius 3 is 2.44 bits per heavy atom. The molecule has 27 heavy (non-hydrogen) atoms. The number of carbonyl (C=O) groups is 1. The molecule has 0 radical (unpaired) electrons. The van der Waals surface area contributed by atoms with E-state index in [1.165, 1.54) is 10.9 Å². The van der Waals surface area contributed by atoms with Gasteiger partial charge >= 0.3 is 0 Å². The van der Waals surface area contributed by atoms with E-state index in [4.69, 9.17) is 0 Å². The maximum absolute atomic E-state index is 12.4. The number of aryl methyl sites for hydroxylation is 2. The van der Waals surface area contributed by atoms with Gasteiger partial charge in [0.05, 0.1) is 5.71 Å². The number of amides is 1. The number of hydrazone groups is 1. The number of anilines is 1. The Hall–Kier alpha value is -3.14. The zero-order valence-corrected chi connectivity index (χ0v) is 16.2. The third kappa shape index (κ3) is 4.53. The van der Waals surface area contributed by atoms with Gasteiger partial charge in [-0.15, -0.1) is 0 Å². The zero-order valence-electron chi connectivity index (χ0n) is 16.2. The Labute approximate surface area is 160 Å². The van der Waals surface area contributed by atoms with Crippen LogP contribution in [0.2, 0.25) is 0 Å². The molecule has 0 aliphatic heterocycles. The van der Waals surface area contributed by atoms with Crippen LogP contribution >= 0.6 is 0 Å². The van der Waals surface area contributed by atoms with Crippen LogP contribution in [0.5, 0.6) is 0 Å². The fourth-order valence-corrected chi connectivity index (χ4v) is 2.99. The fourth-order valence-electron chi connectivity index (χ4n) is 2.99. The molecule has 3 rings (SSSR count). The summed E-state index contributed by atoms with van der Waals surface area (Å²) in [4.78, 5) is 12.4. The summed E-state index contributed by atoms with van der Waals surface area (Å²) in [5.74, 6) is -0.171. The minimum absolute atomic E-state index is 0.171. The average Bonchev–Trinajstić information content (AvgIpc) is 2.67. The van der Waals surface area contributed by atoms with Gasteiger partial charge in [-0.3, -0.25) is 4.79 Å². The predicted molar refractivity (Wildman–Crippen MR) is 113 cm³/mol. The summed E-state index contributed by atoms with van der Waals surface area (Å²) in [7, 11) is 0. The van der Waals surface area contributed by atoms with Crippen LogP contribution in [-0.2, 0) is 4.79 Å². The number of fused-ring (bicyclic) bond motifs is 1. The number of nitrogens with zero attached hydrogens (tertiary/aromatic N) is 1. The van der Waals surface area contributed by atoms with Gasteiger partial charge in [-0.05, 0) is 61.7 Å². The Balaban J connectivity index is 1.67. The zero-order chi connectivity index (χ0) is 19.4. The van der Waals surface area contributed by atoms with Crippen molar-refractivity contribution in [3.63, 3.8) is 0 Å². The quantitative estimate of drug-likeness (QED) is 0.508. The minimum Gasteiger partial charge on any atom is -0.374 e. The topological polar surface area (TPSA) is 53.5 Å². The van der Waals surface area contributed by atoms with Crippen LogP contribution in [0.15, 0.2) is 65.8 Å². The normalized spacial score (nSPS) is 12.7. The molecule has 0 fully saturated rings. The van der Waals surface area contributed by atoms with Gasteiger partial charge in [0.25, 0.3) is 5.91 Å². The maximum Gasteiger partial charge on any atom is 0.262 e. The molecule has 1 amide bonds. The summed E-state index contributed by atoms with van der Waals surface area (Å²) in [5, 5.41) is 9.86. The van der Waals surface area contributed by atoms with E-state index in [1.54, 1.807) is 0 Å². The van der Waals surface area contributed by atoms with Crippen LogP contribution in [0, 0.1) is 13.8 Å². The highest BCUT2D eigenvalue weighted by Crippen LogP contribution is 2.17. The second kappa shape index (κ2) is 8.04. The first-order valence-electron chi connectivity index (χ1n) is 9.11. The molecule has 1 atom stereocenters. The molecular weight excluding hydrogens is 334 g/mol. The van der Waals surface area contributed by atoms with Crippen LogP contribution in [0.4, 0.5) is 5.69 Å². The van der Waals surface area contributed by atoms with Crippen LogP contribution in [0.1, 0.15) is 30.5 Å². The lowest BCUT2D eigenvalue weighted by atomic mass is 10.0. The molecule has 138 valence electrons. The fraction of sp³-hybridized carbons (Fsp3) is 0.217. The molecule has 4 nitrogen and oxygen atoms in total. The summed E-state index contributed by atoms with van der Waals surface area (Å²) in [6, 6.07) is 20.1. The lowest BCUT2D eigenvalue weighted by Crippen LogP contribution is -2.35. The lowest BCUT2D eigenvalue weighted by molar-refractivity contribution is -0.121. The molecular formula is C23H25N3O. The van der Waals surface area contributed by atoms with Gasteiger partial charge in [-0.25, -0.2) is 5.43 Å². The molecule has 0 heterocycles. The standard InChI is InChI=1S/C23H25N3O/c1-15-9-12-22(16(2)13-15)24-18(4)23(27)26-25-17(3)20-11-10-19-7-5-6-8-21(19)14-20/h5-14,18,24H,1-4H3,(H,26,27)/b25-17+/t18-/m0/s1. The highest BCUT2D eigenvalue weighted by molar-refractivity contribution is 6.02. The van der Waals surface area contributed by atoms with Crippen LogP contribution < -0.4 is 10.7 Å². The smallest absolute Gasteiger partial charge is 0.262 e. The number of carbonyl (C=O) groups excluding carboxylic acids is 1. The molecule has 3 aromatic rings. The first-order valence-corrected chi connectivity index (χ1v) is 9.11. The van der Waals surface area contributed by atoms with E-state index in [0.717, 1.165) is 27.9 Å². The molecule has 0 saturated carbocycles. The molecule has 0 spiro atoms. The Morgan fingerprint density at radius 1 is 0.963 bits per heavy atom. The Morgan fingerprint density at radius 2 is 1.70 bits per heavy atom. The van der Waals surface area contributed by atoms with Crippen molar-refractivity contribution in [2.24, 2.45) is 5.10 Å². The molecule has 4 heteroatoms. The number of benzene rings is 3. The number of hydrogen-bond acceptors (Lipinski definition) is 3. The highest BCUT2D eigenvalue weighted by atomic mass is 16.2. The minimum atomic E-state index is -0.389. The summed E-state index contributed by atoms with van der Waals surface area (Å²) in [5.41, 5.74) is 7.70. The van der Waals surface area contributed by atoms with E-state index >= 15 is 0 Å². The first kappa shape index (κ1) is 18.6. The van der Waals surface area contributed by atoms with Crippen molar-refractivity contribution < 1.29 is 4.79 Å². The van der Waals surface area contributed by atoms with E-state index in [9.17, 15) is 4.79 Å². The van der Waals surface area contributed by atoms with E-state index in [1.807, 2.05) is 51.1 Å². The Kier molecular flexibility index (Phi) is 5.55. The van der Waals surface area contributed by atoms with Crippen LogP contribution in [0.3, 0.4) is 0 Å². The van der Waals surface area contributed by atoms with Crippen LogP contribution in [0.25, 0.3) is 10.8 Å². The Bertz CT molecular complexity index is 1010. The van der Waals surface area contributed by atoms with E-state index < -0.39 is 0 Å². The van der Waals surface area contributed by atoms with Gasteiger partial charge in [0.1, 0.15) is 6.04 Å². The van der Waals surface area contributed by atoms with Gasteiger partial charge in [-0.2, -0.15) is 5.10 Å². The number of nitrogens with one attached hydrogen (secondary N) is 2. The monoisotopic (exact) mass is 359 g/mol. The van der Waals surface area contributed by atoms with Crippen molar-refractivity contribution in [3.05, 3.63) is 77.4 Å². The van der Waals surface area contributed by atoms with Crippen molar-refractivity contribution in [3.8, 4) is 0 Å². The molecule has 2 N–H and O–H groups in total. The highest BCUT2D eigenvalue weighted by Gasteiger charge is 2.13. The van der Waals surface area contributed by atoms with Crippen molar-refractivity contribution >= 4 is 28.1 Å². The summed E-state index contributed by atoms with van der Waals surface area (Å²) in [6.07, 6.45) is 0. The van der Waals surface area contributed by atoms with Crippen LogP contribution in [-0.4, -0.2) is 17.7 Å². The summed E-state index contributed by atoms with van der Waals surface area (Å²) >= 11 is 0. The molecule has 0 bridgehead atoms. The van der Waals surface area contributed by atoms with Gasteiger partial charge in [0.2, 0.25) is 0 Å². The predicted octanol–water partition coefficient (Wildman–Crippen LogP) is 4.80. The van der Waals surface area contributed by atoms with Gasteiger partial charge in [0, 0.05) is 5.69 Å². The third-order valence-corrected chi connectivity index (χ3v) is 4.65. The van der Waals surface area contributed by atoms with E-state index in [-0.39, 0.29) is 11.9 Å². The molecule has 0 unspecified atom stereocenters. The maximum atomic E-state index is 12.4. The summed E-state index contributed by atoms with van der Waals surface area (Å²) in [6.45, 7) is 7.81. The van der Waals surface area contributed by atoms with Crippen molar-refractivity contribution in [1.82, 2.24) is 5.43 Å². The van der Waals surface area contributed by atoms with E-state index in [2.05, 4.69) is 53.1 Å². The lowest BCUT2D eigenvalue weighted by Gasteiger charge is -2.16. The molecule has 0 aromatic heterocycles. The SMILES string of the molecule is C/C(=N\NC(=O)[C@H](C)Nc1ccc(C)cc1C)c1ccc2ccccc2c1.